The third kappa shape index (κ3) is 5.68. The fourth-order valence-corrected chi connectivity index (χ4v) is 2.84. The van der Waals surface area contributed by atoms with Crippen LogP contribution in [0.3, 0.4) is 0 Å². The van der Waals surface area contributed by atoms with Crippen LogP contribution in [-0.4, -0.2) is 55.6 Å². The smallest absolute Gasteiger partial charge is 0.252 e. The Morgan fingerprint density at radius 1 is 1.43 bits per heavy atom. The van der Waals surface area contributed by atoms with Crippen molar-refractivity contribution in [1.29, 1.82) is 0 Å². The van der Waals surface area contributed by atoms with Crippen LogP contribution in [-0.2, 0) is 16.6 Å². The highest BCUT2D eigenvalue weighted by atomic mass is 32.2. The highest BCUT2D eigenvalue weighted by Gasteiger charge is 2.24. The standard InChI is InChI=1S/C12H22F2N4O2S/c1-3-5-15-6-4-7-18-9-11(8-16-18)21(19,20)17(2)10-12(13)14/h8-9,12,15H,3-7,10H2,1-2H3. The van der Waals surface area contributed by atoms with Crippen LogP contribution in [0.2, 0.25) is 0 Å². The van der Waals surface area contributed by atoms with Gasteiger partial charge in [-0.1, -0.05) is 6.92 Å². The first kappa shape index (κ1) is 18.0. The Morgan fingerprint density at radius 3 is 2.76 bits per heavy atom. The molecule has 0 aliphatic carbocycles. The molecule has 0 saturated heterocycles. The molecular formula is C12H22F2N4O2S. The van der Waals surface area contributed by atoms with Gasteiger partial charge in [0.2, 0.25) is 10.0 Å². The molecule has 0 saturated carbocycles. The third-order valence-electron chi connectivity index (χ3n) is 2.88. The second kappa shape index (κ2) is 8.40. The van der Waals surface area contributed by atoms with E-state index in [1.165, 1.54) is 17.1 Å². The van der Waals surface area contributed by atoms with Crippen molar-refractivity contribution >= 4 is 10.0 Å². The topological polar surface area (TPSA) is 67.2 Å². The lowest BCUT2D eigenvalue weighted by Crippen LogP contribution is -2.31. The van der Waals surface area contributed by atoms with Crippen LogP contribution >= 0.6 is 0 Å². The second-order valence-corrected chi connectivity index (χ2v) is 6.76. The van der Waals surface area contributed by atoms with Crippen molar-refractivity contribution < 1.29 is 17.2 Å². The summed E-state index contributed by atoms with van der Waals surface area (Å²) in [5.41, 5.74) is 0. The summed E-state index contributed by atoms with van der Waals surface area (Å²) < 4.78 is 50.7. The molecule has 0 bridgehead atoms. The summed E-state index contributed by atoms with van der Waals surface area (Å²) in [4.78, 5) is -0.0628. The molecule has 0 fully saturated rings. The van der Waals surface area contributed by atoms with E-state index in [-0.39, 0.29) is 4.90 Å². The minimum absolute atomic E-state index is 0.0628. The normalized spacial score (nSPS) is 12.5. The van der Waals surface area contributed by atoms with Crippen molar-refractivity contribution in [2.75, 3.05) is 26.7 Å². The number of rotatable bonds is 10. The Hall–Kier alpha value is -1.06. The first-order chi connectivity index (χ1) is 9.87. The number of hydrogen-bond donors (Lipinski definition) is 1. The van der Waals surface area contributed by atoms with E-state index in [1.54, 1.807) is 0 Å². The highest BCUT2D eigenvalue weighted by molar-refractivity contribution is 7.89. The predicted octanol–water partition coefficient (Wildman–Crippen LogP) is 1.16. The Bertz CT molecular complexity index is 519. The average Bonchev–Trinajstić information content (AvgIpc) is 2.87. The van der Waals surface area contributed by atoms with Gasteiger partial charge in [-0.3, -0.25) is 4.68 Å². The number of nitrogens with zero attached hydrogens (tertiary/aromatic N) is 3. The number of halogens is 2. The van der Waals surface area contributed by atoms with Gasteiger partial charge in [-0.05, 0) is 25.9 Å². The molecule has 0 unspecified atom stereocenters. The maximum Gasteiger partial charge on any atom is 0.252 e. The zero-order chi connectivity index (χ0) is 15.9. The molecule has 1 aromatic heterocycles. The van der Waals surface area contributed by atoms with Gasteiger partial charge >= 0.3 is 0 Å². The number of aromatic nitrogens is 2. The molecule has 0 amide bonds. The lowest BCUT2D eigenvalue weighted by Gasteiger charge is -2.14. The largest absolute Gasteiger partial charge is 0.317 e. The molecule has 1 aromatic rings. The van der Waals surface area contributed by atoms with E-state index in [1.807, 2.05) is 0 Å². The summed E-state index contributed by atoms with van der Waals surface area (Å²) in [6.07, 6.45) is 1.73. The zero-order valence-corrected chi connectivity index (χ0v) is 13.1. The molecule has 0 radical (unpaired) electrons. The molecule has 0 spiro atoms. The Balaban J connectivity index is 2.57. The van der Waals surface area contributed by atoms with Gasteiger partial charge in [0.25, 0.3) is 6.43 Å². The first-order valence-corrected chi connectivity index (χ1v) is 8.29. The summed E-state index contributed by atoms with van der Waals surface area (Å²) in [6.45, 7) is 3.59. The summed E-state index contributed by atoms with van der Waals surface area (Å²) >= 11 is 0. The maximum absolute atomic E-state index is 12.3. The molecule has 0 aliphatic heterocycles. The van der Waals surface area contributed by atoms with Gasteiger partial charge in [0, 0.05) is 19.8 Å². The summed E-state index contributed by atoms with van der Waals surface area (Å²) in [5, 5.41) is 7.19. The lowest BCUT2D eigenvalue weighted by molar-refractivity contribution is 0.126. The average molecular weight is 324 g/mol. The monoisotopic (exact) mass is 324 g/mol. The van der Waals surface area contributed by atoms with Crippen LogP contribution in [0.15, 0.2) is 17.3 Å². The van der Waals surface area contributed by atoms with Crippen LogP contribution in [0, 0.1) is 0 Å². The molecule has 6 nitrogen and oxygen atoms in total. The minimum Gasteiger partial charge on any atom is -0.317 e. The van der Waals surface area contributed by atoms with Crippen molar-refractivity contribution in [3.8, 4) is 0 Å². The van der Waals surface area contributed by atoms with Crippen LogP contribution in [0.1, 0.15) is 19.8 Å². The van der Waals surface area contributed by atoms with Crippen molar-refractivity contribution in [2.45, 2.75) is 37.6 Å². The first-order valence-electron chi connectivity index (χ1n) is 6.85. The Labute approximate surface area is 124 Å². The lowest BCUT2D eigenvalue weighted by atomic mass is 10.4. The minimum atomic E-state index is -3.90. The van der Waals surface area contributed by atoms with Crippen LogP contribution in [0.4, 0.5) is 8.78 Å². The predicted molar refractivity (Wildman–Crippen MR) is 75.8 cm³/mol. The second-order valence-electron chi connectivity index (χ2n) is 4.72. The van der Waals surface area contributed by atoms with E-state index in [4.69, 9.17) is 0 Å². The van der Waals surface area contributed by atoms with Crippen LogP contribution < -0.4 is 5.32 Å². The van der Waals surface area contributed by atoms with E-state index in [0.717, 1.165) is 33.0 Å². The highest BCUT2D eigenvalue weighted by Crippen LogP contribution is 2.14. The molecule has 122 valence electrons. The van der Waals surface area contributed by atoms with Crippen molar-refractivity contribution in [3.05, 3.63) is 12.4 Å². The van der Waals surface area contributed by atoms with Crippen LogP contribution in [0.5, 0.6) is 0 Å². The Kier molecular flexibility index (Phi) is 7.20. The van der Waals surface area contributed by atoms with Crippen molar-refractivity contribution in [1.82, 2.24) is 19.4 Å². The van der Waals surface area contributed by atoms with E-state index in [9.17, 15) is 17.2 Å². The molecule has 0 atom stereocenters. The third-order valence-corrected chi connectivity index (χ3v) is 4.66. The van der Waals surface area contributed by atoms with Gasteiger partial charge in [0.1, 0.15) is 4.90 Å². The van der Waals surface area contributed by atoms with Crippen LogP contribution in [0.25, 0.3) is 0 Å². The van der Waals surface area contributed by atoms with Gasteiger partial charge in [0.15, 0.2) is 0 Å². The molecule has 0 aromatic carbocycles. The van der Waals surface area contributed by atoms with Crippen molar-refractivity contribution in [3.63, 3.8) is 0 Å². The molecule has 21 heavy (non-hydrogen) atoms. The quantitative estimate of drug-likeness (QED) is 0.656. The number of alkyl halides is 2. The molecule has 0 aliphatic rings. The van der Waals surface area contributed by atoms with E-state index < -0.39 is 23.0 Å². The van der Waals surface area contributed by atoms with E-state index in [0.29, 0.717) is 10.8 Å². The number of aryl methyl sites for hydroxylation is 1. The zero-order valence-electron chi connectivity index (χ0n) is 12.3. The fourth-order valence-electron chi connectivity index (χ4n) is 1.74. The van der Waals surface area contributed by atoms with Gasteiger partial charge in [-0.2, -0.15) is 9.40 Å². The van der Waals surface area contributed by atoms with Crippen molar-refractivity contribution in [2.24, 2.45) is 0 Å². The Morgan fingerprint density at radius 2 is 2.14 bits per heavy atom. The number of sulfonamides is 1. The van der Waals surface area contributed by atoms with Gasteiger partial charge in [0.05, 0.1) is 12.7 Å². The molecule has 1 rings (SSSR count). The maximum atomic E-state index is 12.3. The van der Waals surface area contributed by atoms with Gasteiger partial charge in [-0.15, -0.1) is 0 Å². The number of nitrogens with one attached hydrogen (secondary N) is 1. The van der Waals surface area contributed by atoms with E-state index >= 15 is 0 Å². The number of hydrogen-bond acceptors (Lipinski definition) is 4. The van der Waals surface area contributed by atoms with Gasteiger partial charge < -0.3 is 5.32 Å². The fraction of sp³-hybridized carbons (Fsp3) is 0.750. The summed E-state index contributed by atoms with van der Waals surface area (Å²) in [6, 6.07) is 0. The van der Waals surface area contributed by atoms with Gasteiger partial charge in [-0.25, -0.2) is 17.2 Å². The molecular weight excluding hydrogens is 302 g/mol. The summed E-state index contributed by atoms with van der Waals surface area (Å²) in [5.74, 6) is 0. The SMILES string of the molecule is CCCNCCCn1cc(S(=O)(=O)N(C)CC(F)F)cn1. The van der Waals surface area contributed by atoms with E-state index in [2.05, 4.69) is 17.3 Å². The molecule has 1 heterocycles. The summed E-state index contributed by atoms with van der Waals surface area (Å²) in [7, 11) is -2.77. The molecule has 1 N–H and O–H groups in total. The molecule has 9 heteroatoms.